The van der Waals surface area contributed by atoms with Gasteiger partial charge < -0.3 is 30.1 Å². The number of morpholine rings is 1. The molecule has 0 saturated carbocycles. The normalized spacial score (nSPS) is 22.0. The fourth-order valence-electron chi connectivity index (χ4n) is 6.13. The van der Waals surface area contributed by atoms with Crippen LogP contribution in [-0.4, -0.2) is 103 Å². The fraction of sp³-hybridized carbons (Fsp3) is 0.633. The lowest BCUT2D eigenvalue weighted by Crippen LogP contribution is -2.53. The molecule has 224 valence electrons. The summed E-state index contributed by atoms with van der Waals surface area (Å²) in [7, 11) is 0. The summed E-state index contributed by atoms with van der Waals surface area (Å²) in [6.07, 6.45) is 2.06. The van der Waals surface area contributed by atoms with Crippen LogP contribution in [0.1, 0.15) is 63.7 Å². The summed E-state index contributed by atoms with van der Waals surface area (Å²) < 4.78 is 5.41. The Morgan fingerprint density at radius 3 is 2.22 bits per heavy atom. The van der Waals surface area contributed by atoms with Crippen molar-refractivity contribution in [2.75, 3.05) is 44.3 Å². The van der Waals surface area contributed by atoms with Gasteiger partial charge in [-0.3, -0.25) is 24.0 Å². The van der Waals surface area contributed by atoms with Crippen LogP contribution in [0.2, 0.25) is 0 Å². The number of amides is 4. The van der Waals surface area contributed by atoms with E-state index in [0.29, 0.717) is 51.0 Å². The lowest BCUT2D eigenvalue weighted by molar-refractivity contribution is -0.138. The first kappa shape index (κ1) is 30.5. The first-order valence-electron chi connectivity index (χ1n) is 14.7. The van der Waals surface area contributed by atoms with Crippen LogP contribution in [0.25, 0.3) is 0 Å². The van der Waals surface area contributed by atoms with E-state index in [4.69, 9.17) is 4.74 Å². The van der Waals surface area contributed by atoms with Crippen LogP contribution in [0, 0.1) is 5.92 Å². The lowest BCUT2D eigenvalue weighted by Gasteiger charge is -2.30. The van der Waals surface area contributed by atoms with E-state index in [1.54, 1.807) is 17.0 Å². The van der Waals surface area contributed by atoms with Crippen molar-refractivity contribution >= 4 is 35.1 Å². The van der Waals surface area contributed by atoms with Gasteiger partial charge in [0.2, 0.25) is 17.7 Å². The van der Waals surface area contributed by atoms with Crippen LogP contribution in [0.4, 0.5) is 5.69 Å². The molecule has 3 fully saturated rings. The van der Waals surface area contributed by atoms with E-state index in [9.17, 15) is 24.0 Å². The molecule has 1 aromatic carbocycles. The summed E-state index contributed by atoms with van der Waals surface area (Å²) in [6.45, 7) is 10.4. The minimum atomic E-state index is -0.801. The lowest BCUT2D eigenvalue weighted by atomic mass is 10.0. The Hall–Kier alpha value is -3.47. The molecular formula is C30H43N5O6. The molecule has 4 amide bonds. The van der Waals surface area contributed by atoms with E-state index in [1.807, 2.05) is 32.9 Å². The number of rotatable bonds is 10. The van der Waals surface area contributed by atoms with Crippen molar-refractivity contribution in [3.05, 3.63) is 29.8 Å². The number of hydrogen-bond donors (Lipinski definition) is 2. The Morgan fingerprint density at radius 2 is 1.61 bits per heavy atom. The van der Waals surface area contributed by atoms with Gasteiger partial charge in [0.15, 0.2) is 5.78 Å². The zero-order chi connectivity index (χ0) is 29.7. The van der Waals surface area contributed by atoms with Gasteiger partial charge in [-0.05, 0) is 49.4 Å². The number of ether oxygens (including phenoxy) is 1. The van der Waals surface area contributed by atoms with Crippen molar-refractivity contribution in [1.29, 1.82) is 0 Å². The number of nitrogens with one attached hydrogen (secondary N) is 2. The highest BCUT2D eigenvalue weighted by Crippen LogP contribution is 2.31. The van der Waals surface area contributed by atoms with Crippen molar-refractivity contribution in [1.82, 2.24) is 20.4 Å². The molecule has 0 bridgehead atoms. The number of nitrogens with zero attached hydrogens (tertiary/aromatic N) is 3. The Bertz CT molecular complexity index is 1130. The van der Waals surface area contributed by atoms with Crippen LogP contribution in [0.5, 0.6) is 0 Å². The summed E-state index contributed by atoms with van der Waals surface area (Å²) >= 11 is 0. The van der Waals surface area contributed by atoms with Gasteiger partial charge in [0.25, 0.3) is 5.91 Å². The maximum absolute atomic E-state index is 13.8. The quantitative estimate of drug-likeness (QED) is 0.435. The number of anilines is 1. The predicted octanol–water partition coefficient (Wildman–Crippen LogP) is 1.35. The molecule has 3 aliphatic rings. The number of fused-ring (bicyclic) bond motifs is 1. The highest BCUT2D eigenvalue weighted by Gasteiger charge is 2.53. The average molecular weight is 570 g/mol. The molecule has 4 atom stereocenters. The largest absolute Gasteiger partial charge is 0.378 e. The molecule has 2 N–H and O–H groups in total. The summed E-state index contributed by atoms with van der Waals surface area (Å²) in [6, 6.07) is 4.64. The maximum atomic E-state index is 13.8. The first-order chi connectivity index (χ1) is 19.6. The molecule has 1 aromatic rings. The molecule has 41 heavy (non-hydrogen) atoms. The van der Waals surface area contributed by atoms with E-state index >= 15 is 0 Å². The molecule has 3 aliphatic heterocycles. The number of hydrogen-bond acceptors (Lipinski definition) is 7. The second-order valence-electron chi connectivity index (χ2n) is 11.6. The zero-order valence-electron chi connectivity index (χ0n) is 24.6. The zero-order valence-corrected chi connectivity index (χ0v) is 24.6. The van der Waals surface area contributed by atoms with E-state index in [-0.39, 0.29) is 41.9 Å². The van der Waals surface area contributed by atoms with E-state index < -0.39 is 24.2 Å². The maximum Gasteiger partial charge on any atom is 0.251 e. The first-order valence-corrected chi connectivity index (χ1v) is 14.7. The van der Waals surface area contributed by atoms with Gasteiger partial charge >= 0.3 is 0 Å². The Labute approximate surface area is 241 Å². The molecule has 4 unspecified atom stereocenters. The molecule has 3 heterocycles. The van der Waals surface area contributed by atoms with Crippen LogP contribution in [0.3, 0.4) is 0 Å². The third kappa shape index (κ3) is 7.06. The Balaban J connectivity index is 1.45. The topological polar surface area (TPSA) is 128 Å². The second kappa shape index (κ2) is 13.5. The molecule has 4 rings (SSSR count). The molecule has 3 saturated heterocycles. The minimum Gasteiger partial charge on any atom is -0.378 e. The number of ketones is 1. The Morgan fingerprint density at radius 1 is 0.951 bits per heavy atom. The second-order valence-corrected chi connectivity index (χ2v) is 11.6. The SMILES string of the molecule is CCCC(NC(C)=O)C(=O)N1CC(=O)C2C1CCN2C(=O)C(CC(C)C)NC(=O)c1ccc(N2CCOCC2)cc1. The summed E-state index contributed by atoms with van der Waals surface area (Å²) in [5.41, 5.74) is 1.47. The summed E-state index contributed by atoms with van der Waals surface area (Å²) in [5.74, 6) is -1.31. The Kier molecular flexibility index (Phi) is 10.0. The van der Waals surface area contributed by atoms with Crippen LogP contribution in [0.15, 0.2) is 24.3 Å². The van der Waals surface area contributed by atoms with Crippen molar-refractivity contribution in [3.63, 3.8) is 0 Å². The van der Waals surface area contributed by atoms with Crippen molar-refractivity contribution in [2.45, 2.75) is 77.5 Å². The van der Waals surface area contributed by atoms with Gasteiger partial charge in [-0.2, -0.15) is 0 Å². The summed E-state index contributed by atoms with van der Waals surface area (Å²) in [4.78, 5) is 70.5. The van der Waals surface area contributed by atoms with E-state index in [1.165, 1.54) is 11.8 Å². The van der Waals surface area contributed by atoms with E-state index in [0.717, 1.165) is 18.8 Å². The van der Waals surface area contributed by atoms with Crippen LogP contribution < -0.4 is 15.5 Å². The third-order valence-electron chi connectivity index (χ3n) is 8.06. The smallest absolute Gasteiger partial charge is 0.251 e. The van der Waals surface area contributed by atoms with Crippen molar-refractivity contribution in [2.24, 2.45) is 5.92 Å². The monoisotopic (exact) mass is 569 g/mol. The number of carbonyl (C=O) groups is 5. The molecule has 0 aliphatic carbocycles. The van der Waals surface area contributed by atoms with Crippen molar-refractivity contribution < 1.29 is 28.7 Å². The van der Waals surface area contributed by atoms with Crippen LogP contribution in [-0.2, 0) is 23.9 Å². The number of likely N-dealkylation sites (tertiary alicyclic amines) is 2. The minimum absolute atomic E-state index is 0.0888. The number of carbonyl (C=O) groups excluding carboxylic acids is 5. The van der Waals surface area contributed by atoms with Gasteiger partial charge in [-0.1, -0.05) is 27.2 Å². The third-order valence-corrected chi connectivity index (χ3v) is 8.06. The number of Topliss-reactive ketones (excluding diaryl/α,β-unsaturated/α-hetero) is 1. The molecule has 0 aromatic heterocycles. The molecule has 0 radical (unpaired) electrons. The summed E-state index contributed by atoms with van der Waals surface area (Å²) in [5, 5.41) is 5.63. The fourth-order valence-corrected chi connectivity index (χ4v) is 6.13. The molecule has 11 nitrogen and oxygen atoms in total. The van der Waals surface area contributed by atoms with Crippen molar-refractivity contribution in [3.8, 4) is 0 Å². The van der Waals surface area contributed by atoms with Gasteiger partial charge in [0.1, 0.15) is 18.1 Å². The van der Waals surface area contributed by atoms with Gasteiger partial charge in [-0.25, -0.2) is 0 Å². The molecular weight excluding hydrogens is 526 g/mol. The van der Waals surface area contributed by atoms with E-state index in [2.05, 4.69) is 15.5 Å². The van der Waals surface area contributed by atoms with Gasteiger partial charge in [0.05, 0.1) is 25.8 Å². The predicted molar refractivity (Wildman–Crippen MR) is 153 cm³/mol. The van der Waals surface area contributed by atoms with Crippen LogP contribution >= 0.6 is 0 Å². The standard InChI is InChI=1S/C30H43N5O6/c1-5-6-23(31-20(4)36)29(39)35-18-26(37)27-25(35)11-12-34(27)30(40)24(17-19(2)3)32-28(38)21-7-9-22(10-8-21)33-13-15-41-16-14-33/h7-10,19,23-25,27H,5-6,11-18H2,1-4H3,(H,31,36)(H,32,38). The highest BCUT2D eigenvalue weighted by atomic mass is 16.5. The average Bonchev–Trinajstić information content (AvgIpc) is 3.53. The number of benzene rings is 1. The highest BCUT2D eigenvalue weighted by molar-refractivity contribution is 6.01. The van der Waals surface area contributed by atoms with Gasteiger partial charge in [-0.15, -0.1) is 0 Å². The van der Waals surface area contributed by atoms with Gasteiger partial charge in [0, 0.05) is 37.8 Å². The molecule has 0 spiro atoms. The molecule has 11 heteroatoms.